The number of nitrogens with zero attached hydrogens (tertiary/aromatic N) is 3. The van der Waals surface area contributed by atoms with Crippen molar-refractivity contribution in [2.45, 2.75) is 24.3 Å². The minimum Gasteiger partial charge on any atom is -0.343 e. The van der Waals surface area contributed by atoms with E-state index in [1.165, 1.54) is 27.5 Å². The number of rotatable bonds is 2. The molecule has 8 heteroatoms. The quantitative estimate of drug-likeness (QED) is 0.762. The van der Waals surface area contributed by atoms with Crippen molar-refractivity contribution in [3.05, 3.63) is 23.5 Å². The van der Waals surface area contributed by atoms with Crippen molar-refractivity contribution in [2.75, 3.05) is 20.1 Å². The van der Waals surface area contributed by atoms with Crippen LogP contribution in [-0.4, -0.2) is 54.2 Å². The highest BCUT2D eigenvalue weighted by Crippen LogP contribution is 2.31. The molecule has 0 N–H and O–H groups in total. The molecule has 0 aromatic carbocycles. The number of aromatic nitrogens is 1. The molecule has 110 valence electrons. The molecule has 1 aliphatic rings. The van der Waals surface area contributed by atoms with Gasteiger partial charge in [-0.2, -0.15) is 4.31 Å². The third-order valence-corrected chi connectivity index (χ3v) is 5.94. The van der Waals surface area contributed by atoms with Crippen molar-refractivity contribution in [2.24, 2.45) is 0 Å². The van der Waals surface area contributed by atoms with Crippen LogP contribution in [0.4, 0.5) is 0 Å². The summed E-state index contributed by atoms with van der Waals surface area (Å²) >= 11 is 5.87. The van der Waals surface area contributed by atoms with Crippen molar-refractivity contribution in [3.8, 4) is 0 Å². The Labute approximate surface area is 123 Å². The third kappa shape index (κ3) is 2.30. The summed E-state index contributed by atoms with van der Waals surface area (Å²) in [4.78, 5) is 17.4. The van der Waals surface area contributed by atoms with Gasteiger partial charge in [-0.3, -0.25) is 4.79 Å². The van der Waals surface area contributed by atoms with Crippen LogP contribution >= 0.6 is 11.6 Å². The van der Waals surface area contributed by atoms with Gasteiger partial charge in [0.05, 0.1) is 0 Å². The van der Waals surface area contributed by atoms with Gasteiger partial charge in [0.25, 0.3) is 0 Å². The van der Waals surface area contributed by atoms with E-state index in [1.807, 2.05) is 0 Å². The van der Waals surface area contributed by atoms with Gasteiger partial charge in [0.1, 0.15) is 15.6 Å². The molecule has 2 heterocycles. The second-order valence-electron chi connectivity index (χ2n) is 5.16. The molecule has 20 heavy (non-hydrogen) atoms. The van der Waals surface area contributed by atoms with Crippen LogP contribution in [0.3, 0.4) is 0 Å². The summed E-state index contributed by atoms with van der Waals surface area (Å²) in [5, 5.41) is -0.0883. The highest BCUT2D eigenvalue weighted by molar-refractivity contribution is 7.89. The van der Waals surface area contributed by atoms with Gasteiger partial charge in [0.2, 0.25) is 15.9 Å². The van der Waals surface area contributed by atoms with E-state index in [1.54, 1.807) is 20.9 Å². The molecule has 1 aromatic heterocycles. The maximum absolute atomic E-state index is 12.7. The largest absolute Gasteiger partial charge is 0.343 e. The second kappa shape index (κ2) is 4.98. The molecule has 0 spiro atoms. The second-order valence-corrected chi connectivity index (χ2v) is 7.34. The Bertz CT molecular complexity index is 645. The fourth-order valence-corrected chi connectivity index (χ4v) is 4.47. The number of pyridine rings is 1. The Morgan fingerprint density at radius 2 is 2.00 bits per heavy atom. The molecule has 6 nitrogen and oxygen atoms in total. The predicted molar refractivity (Wildman–Crippen MR) is 74.9 cm³/mol. The zero-order valence-corrected chi connectivity index (χ0v) is 13.1. The van der Waals surface area contributed by atoms with E-state index in [0.717, 1.165) is 0 Å². The van der Waals surface area contributed by atoms with Crippen LogP contribution < -0.4 is 0 Å². The average Bonchev–Trinajstić information content (AvgIpc) is 2.36. The van der Waals surface area contributed by atoms with Gasteiger partial charge in [-0.1, -0.05) is 11.6 Å². The first-order valence-electron chi connectivity index (χ1n) is 6.08. The van der Waals surface area contributed by atoms with Crippen molar-refractivity contribution in [3.63, 3.8) is 0 Å². The fourth-order valence-electron chi connectivity index (χ4n) is 2.30. The van der Waals surface area contributed by atoms with E-state index in [2.05, 4.69) is 4.98 Å². The first-order valence-corrected chi connectivity index (χ1v) is 7.90. The van der Waals surface area contributed by atoms with Crippen molar-refractivity contribution < 1.29 is 13.2 Å². The van der Waals surface area contributed by atoms with Gasteiger partial charge in [0, 0.05) is 26.3 Å². The molecule has 1 aromatic rings. The number of piperazine rings is 1. The van der Waals surface area contributed by atoms with Crippen LogP contribution in [0.25, 0.3) is 0 Å². The molecule has 0 bridgehead atoms. The Morgan fingerprint density at radius 3 is 2.60 bits per heavy atom. The van der Waals surface area contributed by atoms with Crippen LogP contribution in [0.5, 0.6) is 0 Å². The number of hydrogen-bond donors (Lipinski definition) is 0. The summed E-state index contributed by atoms with van der Waals surface area (Å²) in [6.07, 6.45) is 1.42. The van der Waals surface area contributed by atoms with Gasteiger partial charge >= 0.3 is 0 Å². The molecule has 0 saturated carbocycles. The van der Waals surface area contributed by atoms with Gasteiger partial charge in [-0.25, -0.2) is 13.4 Å². The third-order valence-electron chi connectivity index (χ3n) is 3.42. The van der Waals surface area contributed by atoms with E-state index in [0.29, 0.717) is 6.54 Å². The minimum atomic E-state index is -3.87. The van der Waals surface area contributed by atoms with Crippen molar-refractivity contribution in [1.29, 1.82) is 0 Å². The van der Waals surface area contributed by atoms with Crippen molar-refractivity contribution in [1.82, 2.24) is 14.2 Å². The molecule has 0 aliphatic carbocycles. The molecule has 0 radical (unpaired) electrons. The van der Waals surface area contributed by atoms with E-state index < -0.39 is 15.6 Å². The Kier molecular flexibility index (Phi) is 3.79. The number of carbonyl (C=O) groups excluding carboxylic acids is 1. The molecular weight excluding hydrogens is 302 g/mol. The van der Waals surface area contributed by atoms with Gasteiger partial charge in [-0.15, -0.1) is 0 Å². The maximum atomic E-state index is 12.7. The number of sulfonamides is 1. The SMILES string of the molecule is CN1CCN(S(=O)(=O)c2cccnc2Cl)C(C)(C)C1=O. The molecule has 0 atom stereocenters. The van der Waals surface area contributed by atoms with E-state index in [4.69, 9.17) is 11.6 Å². The lowest BCUT2D eigenvalue weighted by molar-refractivity contribution is -0.142. The summed E-state index contributed by atoms with van der Waals surface area (Å²) in [5.74, 6) is -0.243. The lowest BCUT2D eigenvalue weighted by Crippen LogP contribution is -2.63. The zero-order chi connectivity index (χ0) is 15.1. The predicted octanol–water partition coefficient (Wildman–Crippen LogP) is 0.976. The normalized spacial score (nSPS) is 20.2. The minimum absolute atomic E-state index is 0.0768. The Morgan fingerprint density at radius 1 is 1.35 bits per heavy atom. The first kappa shape index (κ1) is 15.2. The summed E-state index contributed by atoms with van der Waals surface area (Å²) in [6, 6.07) is 2.90. The summed E-state index contributed by atoms with van der Waals surface area (Å²) in [5.41, 5.74) is -1.15. The molecular formula is C12H16ClN3O3S. The zero-order valence-electron chi connectivity index (χ0n) is 11.5. The number of carbonyl (C=O) groups is 1. The molecule has 1 saturated heterocycles. The topological polar surface area (TPSA) is 70.6 Å². The molecule has 2 rings (SSSR count). The number of hydrogen-bond acceptors (Lipinski definition) is 4. The smallest absolute Gasteiger partial charge is 0.247 e. The summed E-state index contributed by atoms with van der Waals surface area (Å²) < 4.78 is 26.6. The molecule has 1 aliphatic heterocycles. The summed E-state index contributed by atoms with van der Waals surface area (Å²) in [7, 11) is -2.21. The van der Waals surface area contributed by atoms with Crippen LogP contribution in [0.2, 0.25) is 5.15 Å². The lowest BCUT2D eigenvalue weighted by atomic mass is 10.0. The Balaban J connectivity index is 2.50. The van der Waals surface area contributed by atoms with Crippen LogP contribution in [0.15, 0.2) is 23.2 Å². The van der Waals surface area contributed by atoms with Gasteiger partial charge in [0.15, 0.2) is 0 Å². The van der Waals surface area contributed by atoms with Crippen LogP contribution in [0, 0.1) is 0 Å². The van der Waals surface area contributed by atoms with Crippen LogP contribution in [-0.2, 0) is 14.8 Å². The maximum Gasteiger partial charge on any atom is 0.247 e. The highest BCUT2D eigenvalue weighted by atomic mass is 35.5. The van der Waals surface area contributed by atoms with E-state index in [-0.39, 0.29) is 22.5 Å². The number of likely N-dealkylation sites (N-methyl/N-ethyl adjacent to an activating group) is 1. The molecule has 0 unspecified atom stereocenters. The number of amides is 1. The van der Waals surface area contributed by atoms with Gasteiger partial charge < -0.3 is 4.90 Å². The molecule has 1 amide bonds. The number of halogens is 1. The standard InChI is InChI=1S/C12H16ClN3O3S/c1-12(2)11(17)15(3)7-8-16(12)20(18,19)9-5-4-6-14-10(9)13/h4-6H,7-8H2,1-3H3. The van der Waals surface area contributed by atoms with Gasteiger partial charge in [-0.05, 0) is 26.0 Å². The highest BCUT2D eigenvalue weighted by Gasteiger charge is 2.47. The van der Waals surface area contributed by atoms with Crippen LogP contribution in [0.1, 0.15) is 13.8 Å². The Hall–Kier alpha value is -1.18. The van der Waals surface area contributed by atoms with Crippen molar-refractivity contribution >= 4 is 27.5 Å². The first-order chi connectivity index (χ1) is 9.19. The fraction of sp³-hybridized carbons (Fsp3) is 0.500. The summed E-state index contributed by atoms with van der Waals surface area (Å²) in [6.45, 7) is 3.75. The average molecular weight is 318 g/mol. The van der Waals surface area contributed by atoms with E-state index in [9.17, 15) is 13.2 Å². The lowest BCUT2D eigenvalue weighted by Gasteiger charge is -2.43. The monoisotopic (exact) mass is 317 g/mol. The molecule has 1 fully saturated rings. The van der Waals surface area contributed by atoms with E-state index >= 15 is 0 Å².